The Kier molecular flexibility index (Phi) is 3.77. The van der Waals surface area contributed by atoms with Crippen molar-refractivity contribution in [3.63, 3.8) is 0 Å². The van der Waals surface area contributed by atoms with Crippen LogP contribution in [0.5, 0.6) is 5.75 Å². The number of anilines is 1. The van der Waals surface area contributed by atoms with Crippen molar-refractivity contribution >= 4 is 17.3 Å². The fourth-order valence-corrected chi connectivity index (χ4v) is 1.58. The summed E-state index contributed by atoms with van der Waals surface area (Å²) in [5.41, 5.74) is 1.86. The molecule has 88 valence electrons. The van der Waals surface area contributed by atoms with E-state index in [-0.39, 0.29) is 0 Å². The monoisotopic (exact) mass is 249 g/mol. The molecule has 0 aliphatic heterocycles. The number of aromatic nitrogens is 2. The van der Waals surface area contributed by atoms with Crippen molar-refractivity contribution in [3.05, 3.63) is 47.5 Å². The Balaban J connectivity index is 2.04. The molecule has 0 saturated heterocycles. The summed E-state index contributed by atoms with van der Waals surface area (Å²) < 4.78 is 5.14. The smallest absolute Gasteiger partial charge is 0.139 e. The highest BCUT2D eigenvalue weighted by Gasteiger charge is 2.01. The first-order valence-corrected chi connectivity index (χ1v) is 5.49. The van der Waals surface area contributed by atoms with Crippen molar-refractivity contribution in [1.82, 2.24) is 9.97 Å². The molecule has 17 heavy (non-hydrogen) atoms. The fourth-order valence-electron chi connectivity index (χ4n) is 1.39. The largest absolute Gasteiger partial charge is 0.495 e. The quantitative estimate of drug-likeness (QED) is 0.905. The van der Waals surface area contributed by atoms with Gasteiger partial charge in [0.2, 0.25) is 0 Å². The minimum atomic E-state index is 0.597. The highest BCUT2D eigenvalue weighted by atomic mass is 35.5. The molecule has 0 atom stereocenters. The van der Waals surface area contributed by atoms with Gasteiger partial charge >= 0.3 is 0 Å². The summed E-state index contributed by atoms with van der Waals surface area (Å²) in [5, 5.41) is 3.83. The molecule has 4 nitrogen and oxygen atoms in total. The van der Waals surface area contributed by atoms with Crippen molar-refractivity contribution in [2.75, 3.05) is 12.4 Å². The van der Waals surface area contributed by atoms with Crippen LogP contribution in [0.25, 0.3) is 0 Å². The molecule has 1 aromatic heterocycles. The number of benzene rings is 1. The number of halogens is 1. The molecule has 0 amide bonds. The van der Waals surface area contributed by atoms with Crippen LogP contribution in [0.2, 0.25) is 5.02 Å². The lowest BCUT2D eigenvalue weighted by molar-refractivity contribution is 0.415. The van der Waals surface area contributed by atoms with Gasteiger partial charge in [0.1, 0.15) is 12.1 Å². The van der Waals surface area contributed by atoms with Gasteiger partial charge in [0.15, 0.2) is 0 Å². The Bertz CT molecular complexity index is 490. The van der Waals surface area contributed by atoms with Crippen LogP contribution in [0, 0.1) is 0 Å². The average molecular weight is 250 g/mol. The van der Waals surface area contributed by atoms with Crippen molar-refractivity contribution in [2.24, 2.45) is 0 Å². The van der Waals surface area contributed by atoms with Gasteiger partial charge in [-0.05, 0) is 18.2 Å². The van der Waals surface area contributed by atoms with Gasteiger partial charge in [-0.2, -0.15) is 0 Å². The van der Waals surface area contributed by atoms with Crippen LogP contribution >= 0.6 is 11.6 Å². The highest BCUT2D eigenvalue weighted by Crippen LogP contribution is 2.27. The molecule has 0 aliphatic rings. The molecule has 1 heterocycles. The molecule has 2 aromatic rings. The Labute approximate surface area is 105 Å². The van der Waals surface area contributed by atoms with E-state index in [0.29, 0.717) is 17.3 Å². The van der Waals surface area contributed by atoms with Crippen LogP contribution in [0.3, 0.4) is 0 Å². The summed E-state index contributed by atoms with van der Waals surface area (Å²) in [5.74, 6) is 0.652. The third-order valence-electron chi connectivity index (χ3n) is 2.27. The Morgan fingerprint density at radius 1 is 1.35 bits per heavy atom. The van der Waals surface area contributed by atoms with Gasteiger partial charge in [0.25, 0.3) is 0 Å². The standard InChI is InChI=1S/C12H12ClN3O/c1-17-12-6-9(2-3-11(12)13)15-7-10-4-5-14-8-16-10/h2-6,8,15H,7H2,1H3. The van der Waals surface area contributed by atoms with E-state index in [2.05, 4.69) is 15.3 Å². The van der Waals surface area contributed by atoms with Crippen LogP contribution in [-0.2, 0) is 6.54 Å². The van der Waals surface area contributed by atoms with Crippen LogP contribution in [0.15, 0.2) is 36.8 Å². The average Bonchev–Trinajstić information content (AvgIpc) is 2.39. The predicted octanol–water partition coefficient (Wildman–Crippen LogP) is 2.75. The molecule has 0 bridgehead atoms. The zero-order valence-corrected chi connectivity index (χ0v) is 10.1. The summed E-state index contributed by atoms with van der Waals surface area (Å²) >= 11 is 5.94. The van der Waals surface area contributed by atoms with Gasteiger partial charge in [-0.3, -0.25) is 0 Å². The van der Waals surface area contributed by atoms with Gasteiger partial charge in [0, 0.05) is 18.0 Å². The molecule has 0 fully saturated rings. The Hall–Kier alpha value is -1.81. The number of nitrogens with one attached hydrogen (secondary N) is 1. The van der Waals surface area contributed by atoms with E-state index < -0.39 is 0 Å². The third-order valence-corrected chi connectivity index (χ3v) is 2.58. The van der Waals surface area contributed by atoms with E-state index in [1.54, 1.807) is 19.4 Å². The lowest BCUT2D eigenvalue weighted by Gasteiger charge is -2.08. The summed E-state index contributed by atoms with van der Waals surface area (Å²) in [6, 6.07) is 7.40. The highest BCUT2D eigenvalue weighted by molar-refractivity contribution is 6.32. The predicted molar refractivity (Wildman–Crippen MR) is 67.4 cm³/mol. The minimum absolute atomic E-state index is 0.597. The number of hydrogen-bond acceptors (Lipinski definition) is 4. The molecule has 0 unspecified atom stereocenters. The molecule has 2 rings (SSSR count). The zero-order valence-electron chi connectivity index (χ0n) is 9.35. The van der Waals surface area contributed by atoms with E-state index in [0.717, 1.165) is 11.4 Å². The Morgan fingerprint density at radius 2 is 2.24 bits per heavy atom. The molecule has 5 heteroatoms. The number of hydrogen-bond donors (Lipinski definition) is 1. The molecule has 0 aliphatic carbocycles. The van der Waals surface area contributed by atoms with Crippen LogP contribution in [-0.4, -0.2) is 17.1 Å². The van der Waals surface area contributed by atoms with E-state index in [9.17, 15) is 0 Å². The zero-order chi connectivity index (χ0) is 12.1. The lowest BCUT2D eigenvalue weighted by atomic mass is 10.3. The van der Waals surface area contributed by atoms with E-state index in [4.69, 9.17) is 16.3 Å². The van der Waals surface area contributed by atoms with Crippen molar-refractivity contribution in [2.45, 2.75) is 6.54 Å². The fraction of sp³-hybridized carbons (Fsp3) is 0.167. The van der Waals surface area contributed by atoms with E-state index in [1.807, 2.05) is 18.2 Å². The maximum atomic E-state index is 5.94. The first-order valence-electron chi connectivity index (χ1n) is 5.12. The van der Waals surface area contributed by atoms with Gasteiger partial charge in [-0.1, -0.05) is 11.6 Å². The first kappa shape index (κ1) is 11.7. The number of methoxy groups -OCH3 is 1. The maximum absolute atomic E-state index is 5.94. The second kappa shape index (κ2) is 5.50. The maximum Gasteiger partial charge on any atom is 0.139 e. The number of nitrogens with zero attached hydrogens (tertiary/aromatic N) is 2. The number of rotatable bonds is 4. The summed E-state index contributed by atoms with van der Waals surface area (Å²) in [6.07, 6.45) is 3.24. The van der Waals surface area contributed by atoms with E-state index in [1.165, 1.54) is 6.33 Å². The lowest BCUT2D eigenvalue weighted by Crippen LogP contribution is -2.01. The van der Waals surface area contributed by atoms with E-state index >= 15 is 0 Å². The third kappa shape index (κ3) is 3.07. The van der Waals surface area contributed by atoms with Crippen molar-refractivity contribution < 1.29 is 4.74 Å². The summed E-state index contributed by atoms with van der Waals surface area (Å²) in [4.78, 5) is 7.99. The summed E-state index contributed by atoms with van der Waals surface area (Å²) in [7, 11) is 1.59. The second-order valence-corrected chi connectivity index (χ2v) is 3.81. The SMILES string of the molecule is COc1cc(NCc2ccncn2)ccc1Cl. The normalized spacial score (nSPS) is 10.0. The summed E-state index contributed by atoms with van der Waals surface area (Å²) in [6.45, 7) is 0.632. The Morgan fingerprint density at radius 3 is 2.94 bits per heavy atom. The molecule has 0 radical (unpaired) electrons. The van der Waals surface area contributed by atoms with Crippen LogP contribution in [0.4, 0.5) is 5.69 Å². The van der Waals surface area contributed by atoms with Gasteiger partial charge in [0.05, 0.1) is 24.4 Å². The molecule has 0 saturated carbocycles. The van der Waals surface area contributed by atoms with Gasteiger partial charge < -0.3 is 10.1 Å². The van der Waals surface area contributed by atoms with Gasteiger partial charge in [-0.15, -0.1) is 0 Å². The second-order valence-electron chi connectivity index (χ2n) is 3.40. The van der Waals surface area contributed by atoms with Gasteiger partial charge in [-0.25, -0.2) is 9.97 Å². The molecule has 1 aromatic carbocycles. The molecular formula is C12H12ClN3O. The first-order chi connectivity index (χ1) is 8.29. The topological polar surface area (TPSA) is 47.0 Å². The van der Waals surface area contributed by atoms with Crippen molar-refractivity contribution in [3.8, 4) is 5.75 Å². The van der Waals surface area contributed by atoms with Crippen LogP contribution in [0.1, 0.15) is 5.69 Å². The molecule has 0 spiro atoms. The van der Waals surface area contributed by atoms with Crippen LogP contribution < -0.4 is 10.1 Å². The molecule has 1 N–H and O–H groups in total. The molecular weight excluding hydrogens is 238 g/mol. The minimum Gasteiger partial charge on any atom is -0.495 e. The van der Waals surface area contributed by atoms with Crippen molar-refractivity contribution in [1.29, 1.82) is 0 Å². The number of ether oxygens (including phenoxy) is 1.